The predicted octanol–water partition coefficient (Wildman–Crippen LogP) is -0.951. The zero-order valence-electron chi connectivity index (χ0n) is 10.1. The van der Waals surface area contributed by atoms with Crippen molar-refractivity contribution < 1.29 is 18.3 Å². The highest BCUT2D eigenvalue weighted by Crippen LogP contribution is 2.03. The highest BCUT2D eigenvalue weighted by molar-refractivity contribution is 7.89. The number of carbonyl (C=O) groups excluding carboxylic acids is 1. The number of hydrogen-bond donors (Lipinski definition) is 3. The Bertz CT molecular complexity index is 597. The Labute approximate surface area is 111 Å². The average molecular weight is 282 g/mol. The van der Waals surface area contributed by atoms with E-state index in [-0.39, 0.29) is 24.8 Å². The summed E-state index contributed by atoms with van der Waals surface area (Å²) in [7, 11) is -3.58. The fourth-order valence-electron chi connectivity index (χ4n) is 1.26. The number of benzene rings is 1. The van der Waals surface area contributed by atoms with Gasteiger partial charge in [0.25, 0.3) is 5.91 Å². The normalized spacial score (nSPS) is 10.4. The molecule has 102 valence electrons. The molecule has 4 N–H and O–H groups in total. The number of aliphatic hydroxyl groups excluding tert-OH is 1. The Morgan fingerprint density at radius 3 is 2.47 bits per heavy atom. The highest BCUT2D eigenvalue weighted by atomic mass is 32.2. The maximum absolute atomic E-state index is 11.6. The topological polar surface area (TPSA) is 109 Å². The molecule has 0 aliphatic rings. The molecule has 19 heavy (non-hydrogen) atoms. The van der Waals surface area contributed by atoms with E-state index in [2.05, 4.69) is 17.2 Å². The zero-order chi connectivity index (χ0) is 14.3. The van der Waals surface area contributed by atoms with E-state index in [9.17, 15) is 13.2 Å². The summed E-state index contributed by atoms with van der Waals surface area (Å²) >= 11 is 0. The van der Waals surface area contributed by atoms with Crippen molar-refractivity contribution in [2.45, 2.75) is 0 Å². The van der Waals surface area contributed by atoms with Crippen molar-refractivity contribution in [2.75, 3.05) is 18.9 Å². The number of hydrogen-bond acceptors (Lipinski definition) is 4. The lowest BCUT2D eigenvalue weighted by molar-refractivity contribution is 0.0956. The molecular weight excluding hydrogens is 268 g/mol. The van der Waals surface area contributed by atoms with Gasteiger partial charge in [0.1, 0.15) is 6.61 Å². The first-order valence-electron chi connectivity index (χ1n) is 5.41. The third kappa shape index (κ3) is 6.01. The molecule has 0 heterocycles. The van der Waals surface area contributed by atoms with Gasteiger partial charge >= 0.3 is 0 Å². The van der Waals surface area contributed by atoms with Crippen molar-refractivity contribution in [1.82, 2.24) is 5.32 Å². The molecule has 6 nitrogen and oxygen atoms in total. The van der Waals surface area contributed by atoms with Crippen LogP contribution >= 0.6 is 0 Å². The summed E-state index contributed by atoms with van der Waals surface area (Å²) in [5.74, 6) is 4.49. The van der Waals surface area contributed by atoms with E-state index in [4.69, 9.17) is 10.2 Å². The molecule has 0 saturated carbocycles. The summed E-state index contributed by atoms with van der Waals surface area (Å²) in [5.41, 5.74) is 1.07. The van der Waals surface area contributed by atoms with E-state index in [1.165, 1.54) is 0 Å². The summed E-state index contributed by atoms with van der Waals surface area (Å²) in [5, 5.41) is 15.8. The van der Waals surface area contributed by atoms with Gasteiger partial charge in [-0.2, -0.15) is 0 Å². The third-order valence-electron chi connectivity index (χ3n) is 2.13. The van der Waals surface area contributed by atoms with Gasteiger partial charge < -0.3 is 10.4 Å². The minimum absolute atomic E-state index is 0.0380. The lowest BCUT2D eigenvalue weighted by Crippen LogP contribution is -2.31. The van der Waals surface area contributed by atoms with Crippen LogP contribution in [-0.4, -0.2) is 38.3 Å². The van der Waals surface area contributed by atoms with Crippen molar-refractivity contribution in [3.05, 3.63) is 35.4 Å². The van der Waals surface area contributed by atoms with E-state index < -0.39 is 10.0 Å². The summed E-state index contributed by atoms with van der Waals surface area (Å²) in [6.07, 6.45) is 0. The first-order valence-corrected chi connectivity index (χ1v) is 7.12. The Morgan fingerprint density at radius 2 is 1.95 bits per heavy atom. The average Bonchev–Trinajstić information content (AvgIpc) is 2.35. The van der Waals surface area contributed by atoms with Crippen molar-refractivity contribution in [1.29, 1.82) is 0 Å². The molecule has 0 aliphatic carbocycles. The first kappa shape index (κ1) is 15.2. The van der Waals surface area contributed by atoms with Crippen LogP contribution in [0.2, 0.25) is 0 Å². The second-order valence-corrected chi connectivity index (χ2v) is 5.39. The number of amides is 1. The van der Waals surface area contributed by atoms with Crippen molar-refractivity contribution >= 4 is 15.9 Å². The van der Waals surface area contributed by atoms with E-state index in [0.29, 0.717) is 11.1 Å². The predicted molar refractivity (Wildman–Crippen MR) is 70.7 cm³/mol. The van der Waals surface area contributed by atoms with Gasteiger partial charge in [-0.3, -0.25) is 4.79 Å². The van der Waals surface area contributed by atoms with Crippen LogP contribution in [0.1, 0.15) is 15.9 Å². The minimum Gasteiger partial charge on any atom is -0.384 e. The number of nitrogens with two attached hydrogens (primary N) is 1. The van der Waals surface area contributed by atoms with Crippen LogP contribution in [0.3, 0.4) is 0 Å². The molecular formula is C12H14N2O4S. The van der Waals surface area contributed by atoms with Gasteiger partial charge in [0.2, 0.25) is 10.0 Å². The second-order valence-electron chi connectivity index (χ2n) is 3.66. The van der Waals surface area contributed by atoms with Crippen LogP contribution in [0.15, 0.2) is 24.3 Å². The van der Waals surface area contributed by atoms with Crippen LogP contribution in [-0.2, 0) is 10.0 Å². The summed E-state index contributed by atoms with van der Waals surface area (Å²) in [6, 6.07) is 6.40. The Hall–Kier alpha value is -1.88. The Balaban J connectivity index is 2.58. The maximum atomic E-state index is 11.6. The van der Waals surface area contributed by atoms with Gasteiger partial charge in [0.05, 0.1) is 5.75 Å². The van der Waals surface area contributed by atoms with Crippen LogP contribution in [0.5, 0.6) is 0 Å². The van der Waals surface area contributed by atoms with Crippen LogP contribution < -0.4 is 10.5 Å². The Kier molecular flexibility index (Phi) is 5.51. The molecule has 1 aromatic rings. The summed E-state index contributed by atoms with van der Waals surface area (Å²) in [6.45, 7) is -0.264. The molecule has 0 saturated heterocycles. The Morgan fingerprint density at radius 1 is 1.32 bits per heavy atom. The van der Waals surface area contributed by atoms with Gasteiger partial charge in [0.15, 0.2) is 0 Å². The smallest absolute Gasteiger partial charge is 0.251 e. The van der Waals surface area contributed by atoms with Gasteiger partial charge in [-0.05, 0) is 24.3 Å². The molecule has 0 aromatic heterocycles. The first-order chi connectivity index (χ1) is 8.92. The number of aliphatic hydroxyl groups is 1. The molecule has 1 aromatic carbocycles. The van der Waals surface area contributed by atoms with Gasteiger partial charge in [-0.1, -0.05) is 11.8 Å². The monoisotopic (exact) mass is 282 g/mol. The summed E-state index contributed by atoms with van der Waals surface area (Å²) in [4.78, 5) is 11.6. The van der Waals surface area contributed by atoms with E-state index in [0.717, 1.165) is 0 Å². The summed E-state index contributed by atoms with van der Waals surface area (Å²) < 4.78 is 21.4. The number of rotatable bonds is 4. The molecule has 0 spiro atoms. The van der Waals surface area contributed by atoms with Gasteiger partial charge in [-0.15, -0.1) is 0 Å². The molecule has 0 unspecified atom stereocenters. The standard InChI is InChI=1S/C12H14N2O4S/c13-19(17,18)9-7-14-12(16)11-5-3-10(4-6-11)2-1-8-15/h3-6,15H,7-9H2,(H,14,16)(H2,13,17,18). The van der Waals surface area contributed by atoms with Gasteiger partial charge in [0, 0.05) is 17.7 Å². The molecule has 0 radical (unpaired) electrons. The lowest BCUT2D eigenvalue weighted by Gasteiger charge is -2.04. The molecule has 0 aliphatic heterocycles. The number of carbonyl (C=O) groups is 1. The highest BCUT2D eigenvalue weighted by Gasteiger charge is 2.07. The quantitative estimate of drug-likeness (QED) is 0.618. The molecule has 1 rings (SSSR count). The number of nitrogens with one attached hydrogen (secondary N) is 1. The second kappa shape index (κ2) is 6.89. The van der Waals surface area contributed by atoms with E-state index in [1.807, 2.05) is 0 Å². The molecule has 0 fully saturated rings. The SMILES string of the molecule is NS(=O)(=O)CCNC(=O)c1ccc(C#CCO)cc1. The molecule has 0 atom stereocenters. The van der Waals surface area contributed by atoms with Crippen molar-refractivity contribution in [3.8, 4) is 11.8 Å². The lowest BCUT2D eigenvalue weighted by atomic mass is 10.1. The van der Waals surface area contributed by atoms with Crippen LogP contribution in [0.4, 0.5) is 0 Å². The number of sulfonamides is 1. The van der Waals surface area contributed by atoms with Crippen molar-refractivity contribution in [2.24, 2.45) is 5.14 Å². The van der Waals surface area contributed by atoms with E-state index in [1.54, 1.807) is 24.3 Å². The van der Waals surface area contributed by atoms with Crippen LogP contribution in [0, 0.1) is 11.8 Å². The van der Waals surface area contributed by atoms with Gasteiger partial charge in [-0.25, -0.2) is 13.6 Å². The van der Waals surface area contributed by atoms with Crippen molar-refractivity contribution in [3.63, 3.8) is 0 Å². The molecule has 1 amide bonds. The fraction of sp³-hybridized carbons (Fsp3) is 0.250. The zero-order valence-corrected chi connectivity index (χ0v) is 10.9. The fourth-order valence-corrected chi connectivity index (χ4v) is 1.64. The van der Waals surface area contributed by atoms with E-state index >= 15 is 0 Å². The maximum Gasteiger partial charge on any atom is 0.251 e. The largest absolute Gasteiger partial charge is 0.384 e. The third-order valence-corrected chi connectivity index (χ3v) is 2.90. The number of primary sulfonamides is 1. The minimum atomic E-state index is -3.58. The molecule has 0 bridgehead atoms. The molecule has 7 heteroatoms. The van der Waals surface area contributed by atoms with Crippen LogP contribution in [0.25, 0.3) is 0 Å².